The van der Waals surface area contributed by atoms with Gasteiger partial charge >= 0.3 is 0 Å². The molecule has 0 saturated carbocycles. The molecular weight excluding hydrogens is 261 g/mol. The molecule has 0 bridgehead atoms. The summed E-state index contributed by atoms with van der Waals surface area (Å²) in [7, 11) is 0. The van der Waals surface area contributed by atoms with E-state index in [9.17, 15) is 4.39 Å². The Morgan fingerprint density at radius 1 is 1.29 bits per heavy atom. The lowest BCUT2D eigenvalue weighted by atomic mass is 10.1. The molecule has 0 aliphatic heterocycles. The first kappa shape index (κ1) is 16.8. The van der Waals surface area contributed by atoms with E-state index in [-0.39, 0.29) is 11.9 Å². The van der Waals surface area contributed by atoms with Gasteiger partial charge in [-0.15, -0.1) is 0 Å². The summed E-state index contributed by atoms with van der Waals surface area (Å²) in [6.07, 6.45) is 9.18. The van der Waals surface area contributed by atoms with Crippen molar-refractivity contribution in [3.8, 4) is 0 Å². The maximum Gasteiger partial charge on any atom is 0.126 e. The second kappa shape index (κ2) is 8.15. The predicted molar refractivity (Wildman–Crippen MR) is 90.4 cm³/mol. The molecule has 0 aliphatic rings. The highest BCUT2D eigenvalue weighted by Crippen LogP contribution is 2.14. The molecule has 0 fully saturated rings. The molecule has 1 atom stereocenters. The van der Waals surface area contributed by atoms with Crippen LogP contribution in [0.1, 0.15) is 25.0 Å². The fourth-order valence-electron chi connectivity index (χ4n) is 1.91. The van der Waals surface area contributed by atoms with Crippen LogP contribution in [0.15, 0.2) is 72.3 Å². The number of allylic oxidation sites excluding steroid dienone is 4. The number of nitrogens with zero attached hydrogens (tertiary/aromatic N) is 1. The van der Waals surface area contributed by atoms with Gasteiger partial charge in [0.2, 0.25) is 0 Å². The van der Waals surface area contributed by atoms with Gasteiger partial charge in [0, 0.05) is 5.71 Å². The SMILES string of the molecule is C=C/C=C\C(=C/C=C)[C@H](C)/N=C(\C)c1ccc(C)c(F)c1. The molecule has 0 amide bonds. The lowest BCUT2D eigenvalue weighted by molar-refractivity contribution is 0.618. The smallest absolute Gasteiger partial charge is 0.126 e. The van der Waals surface area contributed by atoms with Crippen LogP contribution >= 0.6 is 0 Å². The third-order valence-corrected chi connectivity index (χ3v) is 3.19. The molecule has 110 valence electrons. The third-order valence-electron chi connectivity index (χ3n) is 3.19. The number of aliphatic imine (C=N–C) groups is 1. The molecule has 0 radical (unpaired) electrons. The molecule has 1 aromatic carbocycles. The summed E-state index contributed by atoms with van der Waals surface area (Å²) >= 11 is 0. The van der Waals surface area contributed by atoms with Crippen molar-refractivity contribution in [2.75, 3.05) is 0 Å². The van der Waals surface area contributed by atoms with Crippen molar-refractivity contribution >= 4 is 5.71 Å². The summed E-state index contributed by atoms with van der Waals surface area (Å²) in [5.41, 5.74) is 3.27. The molecule has 0 unspecified atom stereocenters. The van der Waals surface area contributed by atoms with Gasteiger partial charge in [0.25, 0.3) is 0 Å². The van der Waals surface area contributed by atoms with Gasteiger partial charge in [-0.05, 0) is 43.5 Å². The van der Waals surface area contributed by atoms with Crippen molar-refractivity contribution in [1.82, 2.24) is 0 Å². The molecule has 2 heteroatoms. The summed E-state index contributed by atoms with van der Waals surface area (Å²) in [6, 6.07) is 5.15. The molecule has 1 nitrogen and oxygen atoms in total. The third kappa shape index (κ3) is 4.99. The minimum absolute atomic E-state index is 0.0384. The largest absolute Gasteiger partial charge is 0.282 e. The summed E-state index contributed by atoms with van der Waals surface area (Å²) in [4.78, 5) is 4.64. The standard InChI is InChI=1S/C19H22FN/c1-6-8-10-17(9-7-2)15(4)21-16(5)18-12-11-14(3)19(20)13-18/h6-13,15H,1-2H2,3-5H3/b10-8-,17-9+,21-16+/t15-/m0/s1. The van der Waals surface area contributed by atoms with E-state index in [1.165, 1.54) is 6.07 Å². The lowest BCUT2D eigenvalue weighted by Gasteiger charge is -2.10. The van der Waals surface area contributed by atoms with Crippen molar-refractivity contribution in [2.24, 2.45) is 4.99 Å². The summed E-state index contributed by atoms with van der Waals surface area (Å²) in [5, 5.41) is 0. The average Bonchev–Trinajstić information content (AvgIpc) is 2.46. The molecule has 21 heavy (non-hydrogen) atoms. The number of hydrogen-bond acceptors (Lipinski definition) is 1. The van der Waals surface area contributed by atoms with Crippen LogP contribution in [0.4, 0.5) is 4.39 Å². The molecular formula is C19H22FN. The molecule has 0 heterocycles. The van der Waals surface area contributed by atoms with E-state index in [0.29, 0.717) is 5.56 Å². The van der Waals surface area contributed by atoms with Gasteiger partial charge in [0.05, 0.1) is 6.04 Å². The Morgan fingerprint density at radius 3 is 2.57 bits per heavy atom. The van der Waals surface area contributed by atoms with Crippen LogP contribution < -0.4 is 0 Å². The quantitative estimate of drug-likeness (QED) is 0.503. The Balaban J connectivity index is 3.05. The highest BCUT2D eigenvalue weighted by molar-refractivity contribution is 5.99. The van der Waals surface area contributed by atoms with Crippen LogP contribution in [0.5, 0.6) is 0 Å². The molecule has 0 N–H and O–H groups in total. The Bertz CT molecular complexity index is 606. The zero-order valence-electron chi connectivity index (χ0n) is 12.9. The minimum atomic E-state index is -0.205. The van der Waals surface area contributed by atoms with E-state index in [1.807, 2.05) is 38.1 Å². The van der Waals surface area contributed by atoms with Gasteiger partial charge in [-0.1, -0.05) is 55.7 Å². The molecule has 0 saturated heterocycles. The molecule has 1 aromatic rings. The summed E-state index contributed by atoms with van der Waals surface area (Å²) < 4.78 is 13.6. The Labute approximate surface area is 126 Å². The number of rotatable bonds is 6. The zero-order chi connectivity index (χ0) is 15.8. The van der Waals surface area contributed by atoms with E-state index in [2.05, 4.69) is 18.2 Å². The number of benzene rings is 1. The lowest BCUT2D eigenvalue weighted by Crippen LogP contribution is -2.06. The van der Waals surface area contributed by atoms with E-state index < -0.39 is 0 Å². The van der Waals surface area contributed by atoms with Gasteiger partial charge in [0.15, 0.2) is 0 Å². The summed E-state index contributed by atoms with van der Waals surface area (Å²) in [5.74, 6) is -0.205. The number of aryl methyl sites for hydroxylation is 1. The molecule has 0 aliphatic carbocycles. The number of hydrogen-bond donors (Lipinski definition) is 0. The Kier molecular flexibility index (Phi) is 6.54. The normalized spacial score (nSPS) is 14.3. The first-order valence-electron chi connectivity index (χ1n) is 6.92. The van der Waals surface area contributed by atoms with Crippen LogP contribution in [0, 0.1) is 12.7 Å². The van der Waals surface area contributed by atoms with Crippen molar-refractivity contribution in [1.29, 1.82) is 0 Å². The second-order valence-corrected chi connectivity index (χ2v) is 4.85. The maximum atomic E-state index is 13.6. The van der Waals surface area contributed by atoms with Crippen molar-refractivity contribution in [3.63, 3.8) is 0 Å². The molecule has 1 rings (SSSR count). The highest BCUT2D eigenvalue weighted by atomic mass is 19.1. The van der Waals surface area contributed by atoms with E-state index in [4.69, 9.17) is 0 Å². The van der Waals surface area contributed by atoms with E-state index in [1.54, 1.807) is 25.1 Å². The Morgan fingerprint density at radius 2 is 2.00 bits per heavy atom. The van der Waals surface area contributed by atoms with Gasteiger partial charge in [0.1, 0.15) is 5.82 Å². The van der Waals surface area contributed by atoms with E-state index >= 15 is 0 Å². The van der Waals surface area contributed by atoms with Gasteiger partial charge in [-0.25, -0.2) is 4.39 Å². The minimum Gasteiger partial charge on any atom is -0.282 e. The monoisotopic (exact) mass is 283 g/mol. The van der Waals surface area contributed by atoms with Crippen molar-refractivity contribution in [3.05, 3.63) is 84.3 Å². The van der Waals surface area contributed by atoms with Crippen LogP contribution in [0.3, 0.4) is 0 Å². The van der Waals surface area contributed by atoms with Crippen molar-refractivity contribution in [2.45, 2.75) is 26.8 Å². The van der Waals surface area contributed by atoms with Gasteiger partial charge < -0.3 is 0 Å². The zero-order valence-corrected chi connectivity index (χ0v) is 12.9. The topological polar surface area (TPSA) is 12.4 Å². The van der Waals surface area contributed by atoms with Crippen molar-refractivity contribution < 1.29 is 4.39 Å². The fraction of sp³-hybridized carbons (Fsp3) is 0.211. The fourth-order valence-corrected chi connectivity index (χ4v) is 1.91. The average molecular weight is 283 g/mol. The van der Waals surface area contributed by atoms with E-state index in [0.717, 1.165) is 16.8 Å². The van der Waals surface area contributed by atoms with Gasteiger partial charge in [-0.2, -0.15) is 0 Å². The first-order valence-corrected chi connectivity index (χ1v) is 6.92. The van der Waals surface area contributed by atoms with Crippen LogP contribution in [0.25, 0.3) is 0 Å². The van der Waals surface area contributed by atoms with Crippen LogP contribution in [-0.2, 0) is 0 Å². The maximum absolute atomic E-state index is 13.6. The van der Waals surface area contributed by atoms with Gasteiger partial charge in [-0.3, -0.25) is 4.99 Å². The summed E-state index contributed by atoms with van der Waals surface area (Å²) in [6.45, 7) is 13.0. The first-order chi connectivity index (χ1) is 9.99. The van der Waals surface area contributed by atoms with Crippen LogP contribution in [0.2, 0.25) is 0 Å². The van der Waals surface area contributed by atoms with Crippen LogP contribution in [-0.4, -0.2) is 11.8 Å². The Hall–Kier alpha value is -2.22. The predicted octanol–water partition coefficient (Wildman–Crippen LogP) is 5.19. The number of halogens is 1. The molecule has 0 spiro atoms. The highest BCUT2D eigenvalue weighted by Gasteiger charge is 2.07. The molecule has 0 aromatic heterocycles. The second-order valence-electron chi connectivity index (χ2n) is 4.85.